The largest absolute Gasteiger partial charge is 0.493 e. The molecule has 0 bridgehead atoms. The highest BCUT2D eigenvalue weighted by molar-refractivity contribution is 5.95. The Morgan fingerprint density at radius 2 is 1.63 bits per heavy atom. The van der Waals surface area contributed by atoms with Crippen LogP contribution in [-0.4, -0.2) is 51.6 Å². The SMILES string of the molecule is C=CCC[C@@H](C(C(=O)OC)C(=O)OC)C1C2CC[C@]3(c4c(C(C)C)c(OC)c(OC)c5c4[C@H](CC4C(C)(C)CCCC54C)[C@@H]3O)C21. The number of benzene rings is 1. The van der Waals surface area contributed by atoms with Crippen LogP contribution in [0.15, 0.2) is 12.7 Å². The number of allylic oxidation sites excluding steroid dienone is 1. The van der Waals surface area contributed by atoms with Crippen molar-refractivity contribution in [2.75, 3.05) is 28.4 Å². The Labute approximate surface area is 275 Å². The summed E-state index contributed by atoms with van der Waals surface area (Å²) in [7, 11) is 6.21. The van der Waals surface area contributed by atoms with Crippen LogP contribution in [0.2, 0.25) is 0 Å². The van der Waals surface area contributed by atoms with Crippen LogP contribution in [0.3, 0.4) is 0 Å². The Kier molecular flexibility index (Phi) is 8.38. The molecule has 7 heteroatoms. The van der Waals surface area contributed by atoms with Crippen molar-refractivity contribution in [2.45, 2.75) is 115 Å². The Bertz CT molecular complexity index is 1400. The van der Waals surface area contributed by atoms with Crippen molar-refractivity contribution in [3.8, 4) is 11.5 Å². The summed E-state index contributed by atoms with van der Waals surface area (Å²) in [5, 5.41) is 12.9. The first-order valence-electron chi connectivity index (χ1n) is 17.6. The van der Waals surface area contributed by atoms with E-state index in [1.807, 2.05) is 6.08 Å². The van der Waals surface area contributed by atoms with E-state index in [-0.39, 0.29) is 40.4 Å². The maximum absolute atomic E-state index is 13.2. The molecule has 1 aromatic carbocycles. The molecule has 3 fully saturated rings. The number of hydrogen-bond donors (Lipinski definition) is 1. The van der Waals surface area contributed by atoms with Crippen LogP contribution < -0.4 is 9.47 Å². The Balaban J connectivity index is 1.59. The van der Waals surface area contributed by atoms with E-state index in [9.17, 15) is 14.7 Å². The lowest BCUT2D eigenvalue weighted by Crippen LogP contribution is -2.50. The fourth-order valence-corrected chi connectivity index (χ4v) is 12.2. The number of fused-ring (bicyclic) bond motifs is 5. The Hall–Kier alpha value is -2.54. The van der Waals surface area contributed by atoms with Crippen molar-refractivity contribution >= 4 is 11.9 Å². The van der Waals surface area contributed by atoms with Gasteiger partial charge in [0.15, 0.2) is 17.4 Å². The predicted octanol–water partition coefficient (Wildman–Crippen LogP) is 7.21. The van der Waals surface area contributed by atoms with Crippen LogP contribution in [0.25, 0.3) is 0 Å². The van der Waals surface area contributed by atoms with Gasteiger partial charge >= 0.3 is 11.9 Å². The molecule has 0 aliphatic heterocycles. The fraction of sp³-hybridized carbons (Fsp3) is 0.744. The van der Waals surface area contributed by atoms with Crippen molar-refractivity contribution in [3.05, 3.63) is 34.9 Å². The molecule has 1 aromatic rings. The van der Waals surface area contributed by atoms with Crippen molar-refractivity contribution in [1.82, 2.24) is 0 Å². The van der Waals surface area contributed by atoms with Gasteiger partial charge in [0.05, 0.1) is 34.5 Å². The smallest absolute Gasteiger partial charge is 0.320 e. The number of methoxy groups -OCH3 is 4. The third kappa shape index (κ3) is 4.31. The van der Waals surface area contributed by atoms with Crippen molar-refractivity contribution < 1.29 is 33.6 Å². The minimum Gasteiger partial charge on any atom is -0.493 e. The minimum absolute atomic E-state index is 0.00129. The van der Waals surface area contributed by atoms with E-state index in [4.69, 9.17) is 18.9 Å². The molecule has 254 valence electrons. The van der Waals surface area contributed by atoms with Crippen molar-refractivity contribution in [1.29, 1.82) is 0 Å². The predicted molar refractivity (Wildman–Crippen MR) is 177 cm³/mol. The molecule has 1 spiro atoms. The van der Waals surface area contributed by atoms with Gasteiger partial charge in [-0.1, -0.05) is 47.1 Å². The molecule has 0 heterocycles. The van der Waals surface area contributed by atoms with Gasteiger partial charge in [0.2, 0.25) is 0 Å². The number of carbonyl (C=O) groups excluding carboxylic acids is 2. The quantitative estimate of drug-likeness (QED) is 0.165. The highest BCUT2D eigenvalue weighted by atomic mass is 16.5. The Morgan fingerprint density at radius 3 is 2.20 bits per heavy atom. The average Bonchev–Trinajstić information content (AvgIpc) is 3.53. The summed E-state index contributed by atoms with van der Waals surface area (Å²) in [5.41, 5.74) is 4.57. The van der Waals surface area contributed by atoms with Crippen LogP contribution in [0.1, 0.15) is 120 Å². The van der Waals surface area contributed by atoms with E-state index < -0.39 is 29.4 Å². The van der Waals surface area contributed by atoms with E-state index in [2.05, 4.69) is 41.2 Å². The molecule has 5 aliphatic rings. The zero-order valence-corrected chi connectivity index (χ0v) is 29.5. The average molecular weight is 637 g/mol. The third-order valence-electron chi connectivity index (χ3n) is 13.8. The maximum Gasteiger partial charge on any atom is 0.320 e. The second-order valence-corrected chi connectivity index (χ2v) is 16.3. The molecule has 7 nitrogen and oxygen atoms in total. The molecule has 6 rings (SSSR count). The summed E-state index contributed by atoms with van der Waals surface area (Å²) in [6, 6.07) is 0. The summed E-state index contributed by atoms with van der Waals surface area (Å²) in [4.78, 5) is 26.4. The van der Waals surface area contributed by atoms with Gasteiger partial charge in [0.1, 0.15) is 0 Å². The van der Waals surface area contributed by atoms with Gasteiger partial charge in [0, 0.05) is 22.5 Å². The lowest BCUT2D eigenvalue weighted by molar-refractivity contribution is -0.162. The molecule has 0 amide bonds. The number of carbonyl (C=O) groups is 2. The van der Waals surface area contributed by atoms with Gasteiger partial charge in [-0.3, -0.25) is 9.59 Å². The van der Waals surface area contributed by atoms with Crippen LogP contribution in [0.5, 0.6) is 11.5 Å². The van der Waals surface area contributed by atoms with E-state index in [0.717, 1.165) is 49.2 Å². The zero-order chi connectivity index (χ0) is 33.5. The first-order valence-corrected chi connectivity index (χ1v) is 17.6. The standard InChI is InChI=1S/C39H56O7/c1-11-12-14-21(28(35(41)45-9)36(42)46-10)26-22-15-18-39(29(22)26)30-25(20(2)3)32(43-7)33(44-8)31-27(30)23(34(39)40)19-24-37(4,5)16-13-17-38(24,31)6/h11,20-24,26,28-29,34,40H,1,12-19H2,2-10H3/t21-,22?,23+,24?,26?,29?,34+,38?,39-/m1/s1. The van der Waals surface area contributed by atoms with Crippen LogP contribution in [0, 0.1) is 40.9 Å². The van der Waals surface area contributed by atoms with Crippen LogP contribution >= 0.6 is 0 Å². The van der Waals surface area contributed by atoms with E-state index in [1.54, 1.807) is 14.2 Å². The topological polar surface area (TPSA) is 91.3 Å². The second-order valence-electron chi connectivity index (χ2n) is 16.3. The molecule has 0 radical (unpaired) electrons. The van der Waals surface area contributed by atoms with Crippen molar-refractivity contribution in [3.63, 3.8) is 0 Å². The Morgan fingerprint density at radius 1 is 0.978 bits per heavy atom. The van der Waals surface area contributed by atoms with Gasteiger partial charge in [0.25, 0.3) is 0 Å². The monoisotopic (exact) mass is 636 g/mol. The minimum atomic E-state index is -1.000. The number of aliphatic hydroxyl groups excluding tert-OH is 1. The maximum atomic E-state index is 13.2. The molecule has 5 aliphatic carbocycles. The highest BCUT2D eigenvalue weighted by Gasteiger charge is 2.75. The lowest BCUT2D eigenvalue weighted by Gasteiger charge is -2.56. The molecular weight excluding hydrogens is 580 g/mol. The molecule has 5 unspecified atom stereocenters. The first-order chi connectivity index (χ1) is 21.8. The third-order valence-corrected chi connectivity index (χ3v) is 13.8. The summed E-state index contributed by atoms with van der Waals surface area (Å²) < 4.78 is 23.1. The van der Waals surface area contributed by atoms with Gasteiger partial charge in [-0.2, -0.15) is 0 Å². The molecule has 0 saturated heterocycles. The number of aliphatic hydroxyl groups is 1. The van der Waals surface area contributed by atoms with Gasteiger partial charge in [-0.25, -0.2) is 0 Å². The molecular formula is C39H56O7. The van der Waals surface area contributed by atoms with E-state index in [0.29, 0.717) is 24.7 Å². The molecule has 1 N–H and O–H groups in total. The van der Waals surface area contributed by atoms with E-state index in [1.165, 1.54) is 37.3 Å². The number of ether oxygens (including phenoxy) is 4. The first kappa shape index (κ1) is 33.4. The highest BCUT2D eigenvalue weighted by Crippen LogP contribution is 2.78. The molecule has 0 aromatic heterocycles. The van der Waals surface area contributed by atoms with E-state index >= 15 is 0 Å². The van der Waals surface area contributed by atoms with Gasteiger partial charge < -0.3 is 24.1 Å². The van der Waals surface area contributed by atoms with Crippen LogP contribution in [-0.2, 0) is 29.9 Å². The summed E-state index contributed by atoms with van der Waals surface area (Å²) in [6.07, 6.45) is 8.82. The second kappa shape index (κ2) is 11.6. The summed E-state index contributed by atoms with van der Waals surface area (Å²) in [5.74, 6) is 0.395. The number of esters is 2. The molecule has 9 atom stereocenters. The fourth-order valence-electron chi connectivity index (χ4n) is 12.2. The van der Waals surface area contributed by atoms with Gasteiger partial charge in [-0.05, 0) is 102 Å². The number of hydrogen-bond acceptors (Lipinski definition) is 7. The molecule has 3 saturated carbocycles. The summed E-state index contributed by atoms with van der Waals surface area (Å²) >= 11 is 0. The summed E-state index contributed by atoms with van der Waals surface area (Å²) in [6.45, 7) is 15.7. The number of rotatable bonds is 10. The lowest BCUT2D eigenvalue weighted by atomic mass is 9.48. The normalized spacial score (nSPS) is 35.3. The van der Waals surface area contributed by atoms with Crippen molar-refractivity contribution in [2.24, 2.45) is 40.9 Å². The zero-order valence-electron chi connectivity index (χ0n) is 29.5. The van der Waals surface area contributed by atoms with Crippen LogP contribution in [0.4, 0.5) is 0 Å². The van der Waals surface area contributed by atoms with Gasteiger partial charge in [-0.15, -0.1) is 6.58 Å². The molecule has 46 heavy (non-hydrogen) atoms.